The van der Waals surface area contributed by atoms with Crippen molar-refractivity contribution in [3.05, 3.63) is 219 Å². The lowest BCUT2D eigenvalue weighted by Gasteiger charge is -2.24. The topological polar surface area (TPSA) is 3.24 Å². The SMILES string of the molecule is Cc1cccc(N(C=C(c2ccc(Cl)cc2)c2ccc(Cl)cc2)c2ccc(C=CC=C(c3ccccc3)c3ccccc3)c(C)c2)c1. The van der Waals surface area contributed by atoms with Crippen LogP contribution in [0.15, 0.2) is 170 Å². The smallest absolute Gasteiger partial charge is 0.0458 e. The molecule has 0 bridgehead atoms. The zero-order chi connectivity index (χ0) is 32.6. The summed E-state index contributed by atoms with van der Waals surface area (Å²) in [6.07, 6.45) is 8.74. The maximum Gasteiger partial charge on any atom is 0.0458 e. The zero-order valence-corrected chi connectivity index (χ0v) is 28.0. The molecule has 47 heavy (non-hydrogen) atoms. The zero-order valence-electron chi connectivity index (χ0n) is 26.4. The Hall–Kier alpha value is -5.08. The third-order valence-corrected chi connectivity index (χ3v) is 8.59. The Morgan fingerprint density at radius 3 is 1.57 bits per heavy atom. The molecule has 0 N–H and O–H groups in total. The van der Waals surface area contributed by atoms with Crippen LogP contribution < -0.4 is 4.90 Å². The summed E-state index contributed by atoms with van der Waals surface area (Å²) in [4.78, 5) is 2.26. The predicted molar refractivity (Wildman–Crippen MR) is 203 cm³/mol. The average molecular weight is 649 g/mol. The van der Waals surface area contributed by atoms with Crippen LogP contribution in [-0.2, 0) is 0 Å². The van der Waals surface area contributed by atoms with Crippen LogP contribution in [-0.4, -0.2) is 0 Å². The third kappa shape index (κ3) is 8.02. The van der Waals surface area contributed by atoms with Gasteiger partial charge in [0, 0.05) is 33.2 Å². The summed E-state index contributed by atoms with van der Waals surface area (Å²) in [6.45, 7) is 4.29. The average Bonchev–Trinajstić information content (AvgIpc) is 3.10. The Bertz CT molecular complexity index is 1950. The molecule has 0 radical (unpaired) electrons. The highest BCUT2D eigenvalue weighted by Gasteiger charge is 2.14. The second kappa shape index (κ2) is 15.0. The fraction of sp³-hybridized carbons (Fsp3) is 0.0455. The molecule has 0 fully saturated rings. The quantitative estimate of drug-likeness (QED) is 0.141. The Morgan fingerprint density at radius 1 is 0.511 bits per heavy atom. The highest BCUT2D eigenvalue weighted by molar-refractivity contribution is 6.31. The van der Waals surface area contributed by atoms with Gasteiger partial charge < -0.3 is 4.90 Å². The fourth-order valence-corrected chi connectivity index (χ4v) is 5.87. The van der Waals surface area contributed by atoms with Crippen molar-refractivity contribution >= 4 is 51.8 Å². The number of allylic oxidation sites excluding steroid dienone is 2. The summed E-state index contributed by atoms with van der Waals surface area (Å²) >= 11 is 12.6. The second-order valence-electron chi connectivity index (χ2n) is 11.5. The Balaban J connectivity index is 1.41. The van der Waals surface area contributed by atoms with Crippen LogP contribution in [0.1, 0.15) is 38.9 Å². The lowest BCUT2D eigenvalue weighted by Crippen LogP contribution is -2.11. The van der Waals surface area contributed by atoms with Crippen molar-refractivity contribution in [3.8, 4) is 0 Å². The minimum absolute atomic E-state index is 0.702. The molecule has 0 aliphatic rings. The molecule has 0 saturated carbocycles. The summed E-state index contributed by atoms with van der Waals surface area (Å²) in [6, 6.07) is 52.2. The van der Waals surface area contributed by atoms with E-state index in [4.69, 9.17) is 23.2 Å². The van der Waals surface area contributed by atoms with Crippen molar-refractivity contribution < 1.29 is 0 Å². The van der Waals surface area contributed by atoms with Gasteiger partial charge >= 0.3 is 0 Å². The summed E-state index contributed by atoms with van der Waals surface area (Å²) in [5, 5.41) is 1.40. The number of hydrogen-bond acceptors (Lipinski definition) is 1. The van der Waals surface area contributed by atoms with Gasteiger partial charge in [-0.15, -0.1) is 0 Å². The number of aryl methyl sites for hydroxylation is 2. The summed E-state index contributed by atoms with van der Waals surface area (Å²) in [7, 11) is 0. The van der Waals surface area contributed by atoms with E-state index in [9.17, 15) is 0 Å². The molecule has 6 aromatic carbocycles. The number of benzene rings is 6. The molecular weight excluding hydrogens is 613 g/mol. The molecule has 0 unspecified atom stereocenters. The molecule has 0 aliphatic heterocycles. The number of halogens is 2. The van der Waals surface area contributed by atoms with Gasteiger partial charge in [-0.3, -0.25) is 0 Å². The van der Waals surface area contributed by atoms with Gasteiger partial charge in [0.1, 0.15) is 0 Å². The van der Waals surface area contributed by atoms with Crippen LogP contribution in [0.25, 0.3) is 17.2 Å². The molecule has 1 nitrogen and oxygen atoms in total. The Morgan fingerprint density at radius 2 is 1.04 bits per heavy atom. The van der Waals surface area contributed by atoms with Crippen LogP contribution in [0.2, 0.25) is 10.0 Å². The van der Waals surface area contributed by atoms with Gasteiger partial charge in [0.2, 0.25) is 0 Å². The van der Waals surface area contributed by atoms with Crippen molar-refractivity contribution in [1.29, 1.82) is 0 Å². The monoisotopic (exact) mass is 647 g/mol. The first kappa shape index (κ1) is 31.9. The molecular formula is C44H35Cl2N. The van der Waals surface area contributed by atoms with Crippen molar-refractivity contribution in [2.24, 2.45) is 0 Å². The van der Waals surface area contributed by atoms with Crippen LogP contribution in [0, 0.1) is 13.8 Å². The third-order valence-electron chi connectivity index (χ3n) is 8.09. The number of hydrogen-bond donors (Lipinski definition) is 0. The Kier molecular flexibility index (Phi) is 10.2. The first-order valence-corrected chi connectivity index (χ1v) is 16.4. The lowest BCUT2D eigenvalue weighted by atomic mass is 9.97. The van der Waals surface area contributed by atoms with E-state index in [1.165, 1.54) is 27.8 Å². The van der Waals surface area contributed by atoms with E-state index < -0.39 is 0 Å². The van der Waals surface area contributed by atoms with E-state index in [0.29, 0.717) is 10.0 Å². The lowest BCUT2D eigenvalue weighted by molar-refractivity contribution is 1.25. The highest BCUT2D eigenvalue weighted by atomic mass is 35.5. The first-order valence-electron chi connectivity index (χ1n) is 15.6. The predicted octanol–water partition coefficient (Wildman–Crippen LogP) is 13.0. The van der Waals surface area contributed by atoms with Gasteiger partial charge in [0.15, 0.2) is 0 Å². The van der Waals surface area contributed by atoms with E-state index in [1.54, 1.807) is 0 Å². The normalized spacial score (nSPS) is 10.9. The molecule has 0 aliphatic carbocycles. The van der Waals surface area contributed by atoms with Crippen LogP contribution in [0.4, 0.5) is 11.4 Å². The molecule has 0 atom stereocenters. The standard InChI is InChI=1S/C44H35Cl2N/c1-32-11-9-17-41(29-32)47(31-44(37-19-24-39(45)25-20-37)38-21-26-40(46)27-22-38)42-28-23-34(33(2)30-42)16-10-18-43(35-12-5-3-6-13-35)36-14-7-4-8-15-36/h3-31H,1-2H3. The molecule has 6 rings (SSSR count). The molecule has 0 heterocycles. The second-order valence-corrected chi connectivity index (χ2v) is 12.4. The van der Waals surface area contributed by atoms with E-state index in [0.717, 1.165) is 33.6 Å². The van der Waals surface area contributed by atoms with Crippen molar-refractivity contribution in [3.63, 3.8) is 0 Å². The molecule has 230 valence electrons. The largest absolute Gasteiger partial charge is 0.317 e. The number of nitrogens with zero attached hydrogens (tertiary/aromatic N) is 1. The molecule has 3 heteroatoms. The van der Waals surface area contributed by atoms with Gasteiger partial charge in [-0.1, -0.05) is 145 Å². The van der Waals surface area contributed by atoms with Crippen molar-refractivity contribution in [2.45, 2.75) is 13.8 Å². The minimum atomic E-state index is 0.702. The highest BCUT2D eigenvalue weighted by Crippen LogP contribution is 2.34. The fourth-order valence-electron chi connectivity index (χ4n) is 5.62. The van der Waals surface area contributed by atoms with E-state index in [2.05, 4.69) is 171 Å². The number of anilines is 2. The van der Waals surface area contributed by atoms with E-state index >= 15 is 0 Å². The summed E-state index contributed by atoms with van der Waals surface area (Å²) in [5.41, 5.74) is 12.4. The Labute approximate surface area is 288 Å². The van der Waals surface area contributed by atoms with Crippen molar-refractivity contribution in [1.82, 2.24) is 0 Å². The van der Waals surface area contributed by atoms with Crippen LogP contribution in [0.5, 0.6) is 0 Å². The van der Waals surface area contributed by atoms with E-state index in [1.807, 2.05) is 24.3 Å². The van der Waals surface area contributed by atoms with Gasteiger partial charge in [-0.2, -0.15) is 0 Å². The van der Waals surface area contributed by atoms with Crippen LogP contribution in [0.3, 0.4) is 0 Å². The number of rotatable bonds is 9. The molecule has 6 aromatic rings. The van der Waals surface area contributed by atoms with Gasteiger partial charge in [0.05, 0.1) is 0 Å². The van der Waals surface area contributed by atoms with Gasteiger partial charge in [-0.25, -0.2) is 0 Å². The first-order chi connectivity index (χ1) is 22.9. The molecule has 0 amide bonds. The minimum Gasteiger partial charge on any atom is -0.317 e. The van der Waals surface area contributed by atoms with Crippen LogP contribution >= 0.6 is 23.2 Å². The van der Waals surface area contributed by atoms with E-state index in [-0.39, 0.29) is 0 Å². The summed E-state index contributed by atoms with van der Waals surface area (Å²) < 4.78 is 0. The molecule has 0 spiro atoms. The summed E-state index contributed by atoms with van der Waals surface area (Å²) in [5.74, 6) is 0. The maximum atomic E-state index is 6.29. The molecule has 0 saturated heterocycles. The maximum absolute atomic E-state index is 6.29. The van der Waals surface area contributed by atoms with Gasteiger partial charge in [-0.05, 0) is 107 Å². The van der Waals surface area contributed by atoms with Crippen molar-refractivity contribution in [2.75, 3.05) is 4.90 Å². The molecule has 0 aromatic heterocycles. The van der Waals surface area contributed by atoms with Gasteiger partial charge in [0.25, 0.3) is 0 Å².